The minimum Gasteiger partial charge on any atom is -0.457 e. The second-order valence-electron chi connectivity index (χ2n) is 7.59. The van der Waals surface area contributed by atoms with Crippen LogP contribution >= 0.6 is 0 Å². The summed E-state index contributed by atoms with van der Waals surface area (Å²) in [5.41, 5.74) is 0.388. The first-order valence-corrected chi connectivity index (χ1v) is 11.9. The predicted octanol–water partition coefficient (Wildman–Crippen LogP) is 4.29. The van der Waals surface area contributed by atoms with Crippen LogP contribution in [0.5, 0.6) is 11.5 Å². The lowest BCUT2D eigenvalue weighted by Crippen LogP contribution is -2.37. The number of carbonyl (C=O) groups excluding carboxylic acids is 1. The summed E-state index contributed by atoms with van der Waals surface area (Å²) in [7, 11) is -3.78. The topological polar surface area (TPSA) is 66.9 Å². The van der Waals surface area contributed by atoms with Gasteiger partial charge in [-0.1, -0.05) is 12.1 Å². The molecule has 1 saturated heterocycles. The van der Waals surface area contributed by atoms with Gasteiger partial charge in [0.2, 0.25) is 10.0 Å². The van der Waals surface area contributed by atoms with Gasteiger partial charge in [-0.3, -0.25) is 4.79 Å². The normalized spacial score (nSPS) is 15.2. The van der Waals surface area contributed by atoms with E-state index in [9.17, 15) is 22.0 Å². The molecule has 6 nitrogen and oxygen atoms in total. The van der Waals surface area contributed by atoms with Gasteiger partial charge in [-0.05, 0) is 61.0 Å². The zero-order valence-electron chi connectivity index (χ0n) is 17.7. The van der Waals surface area contributed by atoms with E-state index in [1.807, 2.05) is 0 Å². The van der Waals surface area contributed by atoms with Crippen molar-refractivity contribution in [3.05, 3.63) is 90.0 Å². The zero-order chi connectivity index (χ0) is 23.4. The predicted molar refractivity (Wildman–Crippen MR) is 119 cm³/mol. The van der Waals surface area contributed by atoms with E-state index in [1.54, 1.807) is 35.2 Å². The minimum atomic E-state index is -3.78. The first-order chi connectivity index (χ1) is 15.8. The molecule has 0 aromatic heterocycles. The van der Waals surface area contributed by atoms with E-state index in [1.165, 1.54) is 34.6 Å². The maximum Gasteiger partial charge on any atom is 0.254 e. The van der Waals surface area contributed by atoms with Crippen molar-refractivity contribution >= 4 is 15.9 Å². The number of amides is 1. The molecule has 1 aliphatic rings. The van der Waals surface area contributed by atoms with E-state index < -0.39 is 21.7 Å². The van der Waals surface area contributed by atoms with Crippen LogP contribution in [-0.2, 0) is 10.0 Å². The van der Waals surface area contributed by atoms with Crippen LogP contribution in [-0.4, -0.2) is 49.7 Å². The average Bonchev–Trinajstić information content (AvgIpc) is 3.06. The number of carbonyl (C=O) groups is 1. The highest BCUT2D eigenvalue weighted by Crippen LogP contribution is 2.24. The van der Waals surface area contributed by atoms with Gasteiger partial charge in [0.15, 0.2) is 0 Å². The Labute approximate surface area is 191 Å². The molecule has 0 aliphatic carbocycles. The van der Waals surface area contributed by atoms with Crippen LogP contribution in [0.2, 0.25) is 0 Å². The zero-order valence-corrected chi connectivity index (χ0v) is 18.5. The van der Waals surface area contributed by atoms with Crippen molar-refractivity contribution in [3.63, 3.8) is 0 Å². The second-order valence-corrected chi connectivity index (χ2v) is 9.53. The molecule has 9 heteroatoms. The number of hydrogen-bond donors (Lipinski definition) is 0. The van der Waals surface area contributed by atoms with Crippen LogP contribution in [0.4, 0.5) is 8.78 Å². The first kappa shape index (κ1) is 22.9. The largest absolute Gasteiger partial charge is 0.457 e. The van der Waals surface area contributed by atoms with Gasteiger partial charge in [-0.25, -0.2) is 17.2 Å². The molecule has 1 aliphatic heterocycles. The summed E-state index contributed by atoms with van der Waals surface area (Å²) in [6.07, 6.45) is 0.464. The molecule has 3 aromatic carbocycles. The summed E-state index contributed by atoms with van der Waals surface area (Å²) in [6.45, 7) is 0.995. The number of hydrogen-bond acceptors (Lipinski definition) is 4. The Bertz CT molecular complexity index is 1250. The molecule has 1 heterocycles. The highest BCUT2D eigenvalue weighted by Gasteiger charge is 2.28. The van der Waals surface area contributed by atoms with Crippen LogP contribution in [0.25, 0.3) is 0 Å². The van der Waals surface area contributed by atoms with Crippen LogP contribution < -0.4 is 4.74 Å². The van der Waals surface area contributed by atoms with E-state index in [0.717, 1.165) is 12.1 Å². The van der Waals surface area contributed by atoms with E-state index in [4.69, 9.17) is 4.74 Å². The molecular formula is C24H22F2N2O4S. The lowest BCUT2D eigenvalue weighted by atomic mass is 10.2. The van der Waals surface area contributed by atoms with Crippen molar-refractivity contribution in [2.45, 2.75) is 11.3 Å². The molecule has 1 amide bonds. The quantitative estimate of drug-likeness (QED) is 0.556. The monoisotopic (exact) mass is 472 g/mol. The third-order valence-electron chi connectivity index (χ3n) is 5.31. The van der Waals surface area contributed by atoms with Gasteiger partial charge < -0.3 is 9.64 Å². The second kappa shape index (κ2) is 9.68. The summed E-state index contributed by atoms with van der Waals surface area (Å²) in [6, 6.07) is 17.0. The smallest absolute Gasteiger partial charge is 0.254 e. The Hall–Kier alpha value is -3.30. The van der Waals surface area contributed by atoms with Crippen molar-refractivity contribution in [2.24, 2.45) is 0 Å². The lowest BCUT2D eigenvalue weighted by Gasteiger charge is -2.22. The molecule has 172 valence electrons. The van der Waals surface area contributed by atoms with Gasteiger partial charge in [-0.15, -0.1) is 0 Å². The Morgan fingerprint density at radius 2 is 1.48 bits per heavy atom. The van der Waals surface area contributed by atoms with Crippen molar-refractivity contribution in [3.8, 4) is 11.5 Å². The van der Waals surface area contributed by atoms with Gasteiger partial charge >= 0.3 is 0 Å². The Morgan fingerprint density at radius 3 is 2.21 bits per heavy atom. The maximum absolute atomic E-state index is 13.4. The first-order valence-electron chi connectivity index (χ1n) is 10.4. The fourth-order valence-electron chi connectivity index (χ4n) is 3.63. The molecule has 0 bridgehead atoms. The Balaban J connectivity index is 1.45. The molecule has 1 fully saturated rings. The Morgan fingerprint density at radius 1 is 0.788 bits per heavy atom. The maximum atomic E-state index is 13.4. The lowest BCUT2D eigenvalue weighted by molar-refractivity contribution is 0.0764. The molecule has 0 atom stereocenters. The molecule has 0 saturated carbocycles. The van der Waals surface area contributed by atoms with Gasteiger partial charge in [-0.2, -0.15) is 4.31 Å². The highest BCUT2D eigenvalue weighted by molar-refractivity contribution is 7.89. The summed E-state index contributed by atoms with van der Waals surface area (Å²) < 4.78 is 59.3. The summed E-state index contributed by atoms with van der Waals surface area (Å²) in [4.78, 5) is 14.7. The van der Waals surface area contributed by atoms with Gasteiger partial charge in [0.1, 0.15) is 23.1 Å². The summed E-state index contributed by atoms with van der Waals surface area (Å²) in [5, 5.41) is 0. The van der Waals surface area contributed by atoms with Crippen molar-refractivity contribution in [1.82, 2.24) is 9.21 Å². The number of halogens is 2. The van der Waals surface area contributed by atoms with Crippen LogP contribution in [0, 0.1) is 11.6 Å². The highest BCUT2D eigenvalue weighted by atomic mass is 32.2. The molecule has 0 N–H and O–H groups in total. The Kier molecular flexibility index (Phi) is 6.71. The van der Waals surface area contributed by atoms with Crippen molar-refractivity contribution < 1.29 is 26.7 Å². The number of benzene rings is 3. The SMILES string of the molecule is O=C(c1cccc(Oc2cccc(F)c2)c1)N1CCCN(S(=O)(=O)c2ccc(F)cc2)CC1. The van der Waals surface area contributed by atoms with E-state index in [2.05, 4.69) is 0 Å². The molecule has 4 rings (SSSR count). The van der Waals surface area contributed by atoms with Crippen LogP contribution in [0.15, 0.2) is 77.7 Å². The molecule has 3 aromatic rings. The fraction of sp³-hybridized carbons (Fsp3) is 0.208. The molecule has 33 heavy (non-hydrogen) atoms. The standard InChI is InChI=1S/C24H22F2N2O4S/c25-19-8-10-23(11-9-19)33(30,31)28-13-3-12-27(14-15-28)24(29)18-4-1-6-21(16-18)32-22-7-2-5-20(26)17-22/h1-2,4-11,16-17H,3,12-15H2. The van der Waals surface area contributed by atoms with Crippen LogP contribution in [0.3, 0.4) is 0 Å². The molecular weight excluding hydrogens is 450 g/mol. The number of sulfonamides is 1. The van der Waals surface area contributed by atoms with Crippen molar-refractivity contribution in [2.75, 3.05) is 26.2 Å². The third-order valence-corrected chi connectivity index (χ3v) is 7.22. The average molecular weight is 473 g/mol. The van der Waals surface area contributed by atoms with Crippen LogP contribution in [0.1, 0.15) is 16.8 Å². The van der Waals surface area contributed by atoms with E-state index >= 15 is 0 Å². The summed E-state index contributed by atoms with van der Waals surface area (Å²) >= 11 is 0. The van der Waals surface area contributed by atoms with Crippen molar-refractivity contribution in [1.29, 1.82) is 0 Å². The fourth-order valence-corrected chi connectivity index (χ4v) is 5.10. The number of rotatable bonds is 5. The van der Waals surface area contributed by atoms with Gasteiger partial charge in [0.05, 0.1) is 4.90 Å². The van der Waals surface area contributed by atoms with Gasteiger partial charge in [0.25, 0.3) is 5.91 Å². The van der Waals surface area contributed by atoms with E-state index in [-0.39, 0.29) is 30.4 Å². The molecule has 0 spiro atoms. The minimum absolute atomic E-state index is 0.0193. The summed E-state index contributed by atoms with van der Waals surface area (Å²) in [5.74, 6) is -0.479. The van der Waals surface area contributed by atoms with Gasteiger partial charge in [0, 0.05) is 37.8 Å². The van der Waals surface area contributed by atoms with E-state index in [0.29, 0.717) is 30.0 Å². The number of nitrogens with zero attached hydrogens (tertiary/aromatic N) is 2. The molecule has 0 unspecified atom stereocenters. The molecule has 0 radical (unpaired) electrons. The third kappa shape index (κ3) is 5.37. The number of ether oxygens (including phenoxy) is 1.